The van der Waals surface area contributed by atoms with E-state index in [0.717, 1.165) is 24.8 Å². The summed E-state index contributed by atoms with van der Waals surface area (Å²) >= 11 is 0. The van der Waals surface area contributed by atoms with E-state index >= 15 is 0 Å². The summed E-state index contributed by atoms with van der Waals surface area (Å²) in [4.78, 5) is 14.2. The molecule has 0 saturated heterocycles. The van der Waals surface area contributed by atoms with E-state index < -0.39 is 0 Å². The fourth-order valence-corrected chi connectivity index (χ4v) is 2.21. The zero-order valence-corrected chi connectivity index (χ0v) is 11.4. The van der Waals surface area contributed by atoms with Crippen molar-refractivity contribution in [1.29, 1.82) is 0 Å². The summed E-state index contributed by atoms with van der Waals surface area (Å²) in [7, 11) is 0. The van der Waals surface area contributed by atoms with Gasteiger partial charge in [0.2, 0.25) is 0 Å². The molecule has 0 radical (unpaired) electrons. The predicted octanol–water partition coefficient (Wildman–Crippen LogP) is 1.57. The number of hydrogen-bond acceptors (Lipinski definition) is 4. The van der Waals surface area contributed by atoms with Crippen molar-refractivity contribution < 1.29 is 4.79 Å². The second-order valence-electron chi connectivity index (χ2n) is 5.07. The highest BCUT2D eigenvalue weighted by atomic mass is 16.2. The van der Waals surface area contributed by atoms with E-state index in [0.29, 0.717) is 12.6 Å². The highest BCUT2D eigenvalue weighted by molar-refractivity contribution is 5.90. The maximum atomic E-state index is 12.4. The van der Waals surface area contributed by atoms with E-state index in [1.165, 1.54) is 5.56 Å². The number of aromatic nitrogens is 4. The van der Waals surface area contributed by atoms with Crippen LogP contribution in [0.4, 0.5) is 0 Å². The number of aryl methyl sites for hydroxylation is 1. The van der Waals surface area contributed by atoms with Crippen LogP contribution in [0, 0.1) is 0 Å². The van der Waals surface area contributed by atoms with Crippen LogP contribution < -0.4 is 0 Å². The van der Waals surface area contributed by atoms with Crippen LogP contribution in [0.3, 0.4) is 0 Å². The minimum Gasteiger partial charge on any atom is -0.328 e. The number of nitrogens with one attached hydrogen (secondary N) is 1. The molecule has 1 saturated carbocycles. The molecule has 1 amide bonds. The predicted molar refractivity (Wildman–Crippen MR) is 72.9 cm³/mol. The van der Waals surface area contributed by atoms with Crippen LogP contribution in [-0.2, 0) is 13.0 Å². The zero-order valence-electron chi connectivity index (χ0n) is 11.4. The fraction of sp³-hybridized carbons (Fsp3) is 0.429. The van der Waals surface area contributed by atoms with Crippen molar-refractivity contribution in [3.8, 4) is 0 Å². The van der Waals surface area contributed by atoms with Gasteiger partial charge in [-0.05, 0) is 35.6 Å². The van der Waals surface area contributed by atoms with Gasteiger partial charge in [0.05, 0.1) is 0 Å². The summed E-state index contributed by atoms with van der Waals surface area (Å²) in [6, 6.07) is 8.69. The third-order valence-corrected chi connectivity index (χ3v) is 3.57. The number of carbonyl (C=O) groups excluding carboxylic acids is 1. The molecule has 0 atom stereocenters. The van der Waals surface area contributed by atoms with Crippen LogP contribution in [0.5, 0.6) is 0 Å². The molecule has 104 valence electrons. The van der Waals surface area contributed by atoms with E-state index in [2.05, 4.69) is 51.8 Å². The molecule has 20 heavy (non-hydrogen) atoms. The van der Waals surface area contributed by atoms with Gasteiger partial charge >= 0.3 is 0 Å². The lowest BCUT2D eigenvalue weighted by molar-refractivity contribution is 0.0717. The molecular formula is C14H17N5O. The molecular weight excluding hydrogens is 254 g/mol. The minimum absolute atomic E-state index is 0.141. The van der Waals surface area contributed by atoms with Crippen molar-refractivity contribution in [2.45, 2.75) is 38.8 Å². The van der Waals surface area contributed by atoms with E-state index in [1.807, 2.05) is 4.90 Å². The van der Waals surface area contributed by atoms with Crippen molar-refractivity contribution in [2.75, 3.05) is 0 Å². The molecule has 6 heteroatoms. The third-order valence-electron chi connectivity index (χ3n) is 3.57. The molecule has 1 aliphatic rings. The fourth-order valence-electron chi connectivity index (χ4n) is 2.21. The Morgan fingerprint density at radius 2 is 2.00 bits per heavy atom. The average molecular weight is 271 g/mol. The molecule has 6 nitrogen and oxygen atoms in total. The number of amides is 1. The Balaban J connectivity index is 1.75. The Hall–Kier alpha value is -2.24. The van der Waals surface area contributed by atoms with Gasteiger partial charge in [0.25, 0.3) is 11.7 Å². The summed E-state index contributed by atoms with van der Waals surface area (Å²) in [5.74, 6) is -0.0112. The lowest BCUT2D eigenvalue weighted by Gasteiger charge is -2.20. The Kier molecular flexibility index (Phi) is 3.45. The Bertz CT molecular complexity index is 574. The molecule has 1 aromatic carbocycles. The van der Waals surface area contributed by atoms with Crippen molar-refractivity contribution >= 4 is 5.91 Å². The summed E-state index contributed by atoms with van der Waals surface area (Å²) in [6.45, 7) is 2.73. The number of benzene rings is 1. The Morgan fingerprint density at radius 3 is 2.55 bits per heavy atom. The topological polar surface area (TPSA) is 74.8 Å². The number of H-pyrrole nitrogens is 1. The number of rotatable bonds is 5. The molecule has 0 spiro atoms. The van der Waals surface area contributed by atoms with Gasteiger partial charge in [-0.15, -0.1) is 10.2 Å². The molecule has 1 aliphatic carbocycles. The average Bonchev–Trinajstić information content (AvgIpc) is 3.18. The van der Waals surface area contributed by atoms with Crippen molar-refractivity contribution in [2.24, 2.45) is 0 Å². The quantitative estimate of drug-likeness (QED) is 0.895. The van der Waals surface area contributed by atoms with E-state index in [-0.39, 0.29) is 11.7 Å². The van der Waals surface area contributed by atoms with Crippen LogP contribution >= 0.6 is 0 Å². The van der Waals surface area contributed by atoms with Gasteiger partial charge in [-0.2, -0.15) is 5.21 Å². The van der Waals surface area contributed by atoms with Crippen molar-refractivity contribution in [3.63, 3.8) is 0 Å². The normalized spacial score (nSPS) is 14.2. The largest absolute Gasteiger partial charge is 0.328 e. The molecule has 0 bridgehead atoms. The molecule has 0 unspecified atom stereocenters. The molecule has 1 fully saturated rings. The summed E-state index contributed by atoms with van der Waals surface area (Å²) < 4.78 is 0. The molecule has 2 aromatic rings. The molecule has 1 N–H and O–H groups in total. The van der Waals surface area contributed by atoms with E-state index in [4.69, 9.17) is 0 Å². The summed E-state index contributed by atoms with van der Waals surface area (Å²) in [6.07, 6.45) is 3.13. The summed E-state index contributed by atoms with van der Waals surface area (Å²) in [5, 5.41) is 13.3. The Labute approximate surface area is 117 Å². The number of aromatic amines is 1. The minimum atomic E-state index is -0.152. The monoisotopic (exact) mass is 271 g/mol. The van der Waals surface area contributed by atoms with Gasteiger partial charge < -0.3 is 4.90 Å². The van der Waals surface area contributed by atoms with Gasteiger partial charge in [-0.3, -0.25) is 4.79 Å². The SMILES string of the molecule is CCc1ccc(CN(C(=O)c2nn[nH]n2)C2CC2)cc1. The lowest BCUT2D eigenvalue weighted by Crippen LogP contribution is -2.33. The summed E-state index contributed by atoms with van der Waals surface area (Å²) in [5.41, 5.74) is 2.43. The first-order valence-corrected chi connectivity index (χ1v) is 6.90. The van der Waals surface area contributed by atoms with Crippen LogP contribution in [0.25, 0.3) is 0 Å². The Morgan fingerprint density at radius 1 is 1.30 bits per heavy atom. The third kappa shape index (κ3) is 2.68. The second-order valence-corrected chi connectivity index (χ2v) is 5.07. The first-order chi connectivity index (χ1) is 9.78. The highest BCUT2D eigenvalue weighted by Gasteiger charge is 2.34. The standard InChI is InChI=1S/C14H17N5O/c1-2-10-3-5-11(6-4-10)9-19(12-7-8-12)14(20)13-15-17-18-16-13/h3-6,12H,2,7-9H2,1H3,(H,15,16,17,18). The van der Waals surface area contributed by atoms with E-state index in [1.54, 1.807) is 0 Å². The smallest absolute Gasteiger partial charge is 0.296 e. The van der Waals surface area contributed by atoms with Gasteiger partial charge in [-0.1, -0.05) is 31.2 Å². The first kappa shape index (κ1) is 12.8. The number of tetrazole rings is 1. The van der Waals surface area contributed by atoms with Crippen LogP contribution in [0.2, 0.25) is 0 Å². The van der Waals surface area contributed by atoms with Gasteiger partial charge in [-0.25, -0.2) is 0 Å². The maximum absolute atomic E-state index is 12.4. The first-order valence-electron chi connectivity index (χ1n) is 6.90. The molecule has 0 aliphatic heterocycles. The highest BCUT2D eigenvalue weighted by Crippen LogP contribution is 2.29. The molecule has 1 heterocycles. The molecule has 1 aromatic heterocycles. The van der Waals surface area contributed by atoms with Gasteiger partial charge in [0.1, 0.15) is 0 Å². The van der Waals surface area contributed by atoms with Gasteiger partial charge in [0.15, 0.2) is 0 Å². The van der Waals surface area contributed by atoms with Crippen LogP contribution in [-0.4, -0.2) is 37.5 Å². The zero-order chi connectivity index (χ0) is 13.9. The van der Waals surface area contributed by atoms with E-state index in [9.17, 15) is 4.79 Å². The van der Waals surface area contributed by atoms with Crippen molar-refractivity contribution in [3.05, 3.63) is 41.2 Å². The van der Waals surface area contributed by atoms with Gasteiger partial charge in [0, 0.05) is 12.6 Å². The number of carbonyl (C=O) groups is 1. The lowest BCUT2D eigenvalue weighted by atomic mass is 10.1. The maximum Gasteiger partial charge on any atom is 0.296 e. The van der Waals surface area contributed by atoms with Crippen LogP contribution in [0.1, 0.15) is 41.5 Å². The number of nitrogens with zero attached hydrogens (tertiary/aromatic N) is 4. The van der Waals surface area contributed by atoms with Crippen molar-refractivity contribution in [1.82, 2.24) is 25.5 Å². The van der Waals surface area contributed by atoms with Crippen LogP contribution in [0.15, 0.2) is 24.3 Å². The molecule has 3 rings (SSSR count). The number of hydrogen-bond donors (Lipinski definition) is 1. The second kappa shape index (κ2) is 5.40.